The van der Waals surface area contributed by atoms with Crippen molar-refractivity contribution in [2.24, 2.45) is 35.2 Å². The highest BCUT2D eigenvalue weighted by Crippen LogP contribution is 2.44. The minimum absolute atomic E-state index is 0.356. The lowest BCUT2D eigenvalue weighted by Gasteiger charge is -2.07. The van der Waals surface area contributed by atoms with E-state index in [2.05, 4.69) is 165 Å². The second-order valence-electron chi connectivity index (χ2n) is 28.9. The molecule has 0 amide bonds. The smallest absolute Gasteiger partial charge is 0.248 e. The van der Waals surface area contributed by atoms with E-state index in [1.54, 1.807) is 25.8 Å². The van der Waals surface area contributed by atoms with E-state index < -0.39 is 11.7 Å². The molecule has 20 nitrogen and oxygen atoms in total. The minimum Gasteiger partial charge on any atom is -0.248 e. The van der Waals surface area contributed by atoms with Crippen LogP contribution in [0.15, 0.2) is 273 Å². The number of alkyl halides is 3. The first-order valence-electron chi connectivity index (χ1n) is 38.6. The molecule has 28 heteroatoms. The van der Waals surface area contributed by atoms with Crippen LogP contribution in [-0.4, -0.2) is 99.9 Å². The molecule has 0 bridgehead atoms. The maximum atomic E-state index is 12.8. The Kier molecular flexibility index (Phi) is 23.9. The third kappa shape index (κ3) is 16.8. The minimum atomic E-state index is -4.39. The summed E-state index contributed by atoms with van der Waals surface area (Å²) in [4.78, 5) is 0. The number of nitrogens with zero attached hydrogens (tertiary/aromatic N) is 20. The van der Waals surface area contributed by atoms with E-state index in [0.717, 1.165) is 118 Å². The van der Waals surface area contributed by atoms with Crippen molar-refractivity contribution < 1.29 is 13.2 Å². The number of benzene rings is 10. The number of rotatable bonds is 10. The predicted octanol–water partition coefficient (Wildman–Crippen LogP) is 24.0. The Bertz CT molecular complexity index is 7100. The van der Waals surface area contributed by atoms with E-state index in [9.17, 15) is 13.2 Å². The zero-order chi connectivity index (χ0) is 85.9. The molecule has 0 fully saturated rings. The molecule has 0 aliphatic heterocycles. The Balaban J connectivity index is 0.000000114. The van der Waals surface area contributed by atoms with Crippen molar-refractivity contribution in [3.63, 3.8) is 0 Å². The third-order valence-electron chi connectivity index (χ3n) is 20.6. The third-order valence-corrected chi connectivity index (χ3v) is 22.4. The standard InChI is InChI=1S/C19H12ClF3N4.4C19H15ClN4/c1-27-18-14(15(20)17(24-25-18)11-5-3-2-4-6-11)16(26-27)12-7-9-13(10-8-12)19(21,22)23;2*1-12-8-6-7-11-14(12)18-15-16(20)17(13-9-4-3-5-10-13)21-22-19(15)24(2)23-18;1-12-7-6-10-14(11-12)17-15-16(20)18(13-8-4-3-5-9-13)21-22-19(15)24(2)23-17;1-12-8-10-14(11-9-12)17-15-16(20)18(13-6-4-3-5-7-13)21-22-19(15)24(2)23-17/h2-10H,1H3;4*3-11H,1-2H3. The van der Waals surface area contributed by atoms with Crippen molar-refractivity contribution in [3.05, 3.63) is 326 Å². The highest BCUT2D eigenvalue weighted by Gasteiger charge is 2.31. The molecule has 608 valence electrons. The van der Waals surface area contributed by atoms with Crippen molar-refractivity contribution in [3.8, 4) is 113 Å². The van der Waals surface area contributed by atoms with Crippen LogP contribution in [-0.2, 0) is 41.4 Å². The SMILES string of the molecule is Cc1ccc(-c2nn(C)c3nnc(-c4ccccc4)c(Cl)c23)cc1.Cc1cccc(-c2nn(C)c3nnc(-c4ccccc4)c(Cl)c23)c1.Cc1ccccc1-c1nn(C)c2nnc(-c3ccccc3)c(Cl)c12.Cc1ccccc1-c1nn(C)c2nnc(-c3ccccc3)c(Cl)c12.Cn1nc(-c2ccc(C(F)(F)F)cc2)c2c(Cl)c(-c3ccccc3)nnc21. The van der Waals surface area contributed by atoms with Gasteiger partial charge in [-0.25, -0.2) is 23.4 Å². The van der Waals surface area contributed by atoms with E-state index in [1.165, 1.54) is 27.9 Å². The van der Waals surface area contributed by atoms with E-state index in [4.69, 9.17) is 58.0 Å². The van der Waals surface area contributed by atoms with Gasteiger partial charge in [-0.2, -0.15) is 38.7 Å². The van der Waals surface area contributed by atoms with Gasteiger partial charge >= 0.3 is 6.18 Å². The molecule has 0 N–H and O–H groups in total. The number of halogens is 8. The van der Waals surface area contributed by atoms with Gasteiger partial charge in [-0.3, -0.25) is 0 Å². The second-order valence-corrected chi connectivity index (χ2v) is 30.8. The van der Waals surface area contributed by atoms with Gasteiger partial charge in [0.1, 0.15) is 56.9 Å². The summed E-state index contributed by atoms with van der Waals surface area (Å²) in [5.74, 6) is 0. The summed E-state index contributed by atoms with van der Waals surface area (Å²) in [7, 11) is 9.11. The fraction of sp³-hybridized carbons (Fsp3) is 0.105. The molecule has 0 aliphatic rings. The zero-order valence-electron chi connectivity index (χ0n) is 67.4. The molecule has 10 aromatic heterocycles. The monoisotopic (exact) mass is 1720 g/mol. The molecule has 0 aliphatic carbocycles. The molecule has 0 spiro atoms. The zero-order valence-corrected chi connectivity index (χ0v) is 71.2. The number of hydrogen-bond donors (Lipinski definition) is 0. The fourth-order valence-electron chi connectivity index (χ4n) is 14.3. The molecule has 20 aromatic rings. The van der Waals surface area contributed by atoms with E-state index in [0.29, 0.717) is 98.5 Å². The summed E-state index contributed by atoms with van der Waals surface area (Å²) in [5, 5.41) is 72.6. The summed E-state index contributed by atoms with van der Waals surface area (Å²) < 4.78 is 46.9. The average Bonchev–Trinajstić information content (AvgIpc) is 1.64. The number of fused-ring (bicyclic) bond motifs is 5. The predicted molar refractivity (Wildman–Crippen MR) is 485 cm³/mol. The molecule has 0 unspecified atom stereocenters. The van der Waals surface area contributed by atoms with Crippen molar-refractivity contribution in [2.75, 3.05) is 0 Å². The van der Waals surface area contributed by atoms with Gasteiger partial charge in [0.2, 0.25) is 0 Å². The molecule has 0 saturated heterocycles. The van der Waals surface area contributed by atoms with Gasteiger partial charge in [-0.15, -0.1) is 51.0 Å². The number of aromatic nitrogens is 20. The van der Waals surface area contributed by atoms with Gasteiger partial charge in [0.25, 0.3) is 0 Å². The highest BCUT2D eigenvalue weighted by molar-refractivity contribution is 6.41. The molecule has 10 heterocycles. The van der Waals surface area contributed by atoms with Crippen molar-refractivity contribution >= 4 is 113 Å². The topological polar surface area (TPSA) is 218 Å². The van der Waals surface area contributed by atoms with Gasteiger partial charge in [-0.1, -0.05) is 324 Å². The number of aryl methyl sites for hydroxylation is 9. The Morgan fingerprint density at radius 3 is 0.740 bits per heavy atom. The molecule has 123 heavy (non-hydrogen) atoms. The number of hydrogen-bond acceptors (Lipinski definition) is 15. The molecular formula is C95H72Cl5F3N20. The first kappa shape index (κ1) is 82.9. The first-order chi connectivity index (χ1) is 59.5. The molecule has 0 radical (unpaired) electrons. The largest absolute Gasteiger partial charge is 0.416 e. The van der Waals surface area contributed by atoms with Crippen molar-refractivity contribution in [1.29, 1.82) is 0 Å². The van der Waals surface area contributed by atoms with Gasteiger partial charge in [0.15, 0.2) is 28.2 Å². The molecular weight excluding hydrogens is 1660 g/mol. The van der Waals surface area contributed by atoms with Gasteiger partial charge in [-0.05, 0) is 57.0 Å². The fourth-order valence-corrected chi connectivity index (χ4v) is 15.9. The van der Waals surface area contributed by atoms with Crippen LogP contribution in [0.3, 0.4) is 0 Å². The maximum Gasteiger partial charge on any atom is 0.416 e. The van der Waals surface area contributed by atoms with Crippen molar-refractivity contribution in [2.45, 2.75) is 33.9 Å². The van der Waals surface area contributed by atoms with Gasteiger partial charge < -0.3 is 0 Å². The van der Waals surface area contributed by atoms with Crippen LogP contribution >= 0.6 is 58.0 Å². The second kappa shape index (κ2) is 35.5. The van der Waals surface area contributed by atoms with Crippen LogP contribution in [0.1, 0.15) is 27.8 Å². The molecule has 20 rings (SSSR count). The van der Waals surface area contributed by atoms with E-state index in [-0.39, 0.29) is 0 Å². The Hall–Kier alpha value is -13.8. The quantitative estimate of drug-likeness (QED) is 0.124. The van der Waals surface area contributed by atoms with Crippen LogP contribution in [0.2, 0.25) is 25.1 Å². The summed E-state index contributed by atoms with van der Waals surface area (Å²) in [5.41, 5.74) is 23.3. The van der Waals surface area contributed by atoms with Crippen LogP contribution in [0.5, 0.6) is 0 Å². The average molecular weight is 1730 g/mol. The molecule has 0 atom stereocenters. The van der Waals surface area contributed by atoms with Gasteiger partial charge in [0.05, 0.1) is 57.6 Å². The van der Waals surface area contributed by atoms with Crippen molar-refractivity contribution in [1.82, 2.24) is 99.9 Å². The highest BCUT2D eigenvalue weighted by atomic mass is 35.5. The Morgan fingerprint density at radius 1 is 0.228 bits per heavy atom. The van der Waals surface area contributed by atoms with E-state index in [1.807, 2.05) is 216 Å². The van der Waals surface area contributed by atoms with Crippen LogP contribution in [0, 0.1) is 27.7 Å². The summed E-state index contributed by atoms with van der Waals surface area (Å²) in [6, 6.07) is 86.2. The normalized spacial score (nSPS) is 11.3. The van der Waals surface area contributed by atoms with E-state index >= 15 is 0 Å². The lowest BCUT2D eigenvalue weighted by atomic mass is 10.0. The Morgan fingerprint density at radius 2 is 0.463 bits per heavy atom. The van der Waals surface area contributed by atoms with Gasteiger partial charge in [0, 0.05) is 90.9 Å². The first-order valence-corrected chi connectivity index (χ1v) is 40.5. The van der Waals surface area contributed by atoms with Crippen LogP contribution in [0.4, 0.5) is 13.2 Å². The van der Waals surface area contributed by atoms with Crippen LogP contribution in [0.25, 0.3) is 168 Å². The maximum absolute atomic E-state index is 12.8. The summed E-state index contributed by atoms with van der Waals surface area (Å²) in [6.07, 6.45) is -4.39. The Labute approximate surface area is 728 Å². The summed E-state index contributed by atoms with van der Waals surface area (Å²) >= 11 is 33.5. The lowest BCUT2D eigenvalue weighted by molar-refractivity contribution is -0.137. The molecule has 0 saturated carbocycles. The molecule has 10 aromatic carbocycles. The van der Waals surface area contributed by atoms with Crippen LogP contribution < -0.4 is 0 Å². The lowest BCUT2D eigenvalue weighted by Crippen LogP contribution is -2.04. The summed E-state index contributed by atoms with van der Waals surface area (Å²) in [6.45, 7) is 8.25.